The van der Waals surface area contributed by atoms with Crippen LogP contribution in [0.5, 0.6) is 0 Å². The van der Waals surface area contributed by atoms with Crippen molar-refractivity contribution >= 4 is 5.91 Å². The third-order valence-corrected chi connectivity index (χ3v) is 3.11. The molecule has 2 atom stereocenters. The predicted octanol–water partition coefficient (Wildman–Crippen LogP) is 0.337. The van der Waals surface area contributed by atoms with Gasteiger partial charge in [-0.15, -0.1) is 0 Å². The molecule has 0 spiro atoms. The van der Waals surface area contributed by atoms with Crippen molar-refractivity contribution in [1.29, 1.82) is 0 Å². The number of rotatable bonds is 3. The summed E-state index contributed by atoms with van der Waals surface area (Å²) in [6.45, 7) is 3.24. The van der Waals surface area contributed by atoms with Crippen molar-refractivity contribution in [1.82, 2.24) is 10.6 Å². The van der Waals surface area contributed by atoms with E-state index in [0.29, 0.717) is 6.54 Å². The molecule has 2 rings (SSSR count). The van der Waals surface area contributed by atoms with E-state index in [0.717, 1.165) is 13.0 Å². The molecule has 92 valence electrons. The molecule has 0 aromatic heterocycles. The molecule has 1 aliphatic heterocycles. The molecule has 0 bridgehead atoms. The van der Waals surface area contributed by atoms with E-state index in [9.17, 15) is 4.79 Å². The second-order valence-electron chi connectivity index (χ2n) is 4.49. The van der Waals surface area contributed by atoms with Gasteiger partial charge in [-0.1, -0.05) is 24.3 Å². The lowest BCUT2D eigenvalue weighted by Crippen LogP contribution is -2.43. The van der Waals surface area contributed by atoms with Crippen LogP contribution in [0.25, 0.3) is 0 Å². The largest absolute Gasteiger partial charge is 0.353 e. The Morgan fingerprint density at radius 3 is 3.12 bits per heavy atom. The molecular formula is C13H19N3O. The highest BCUT2D eigenvalue weighted by molar-refractivity contribution is 5.81. The van der Waals surface area contributed by atoms with Crippen LogP contribution in [0.2, 0.25) is 0 Å². The molecule has 4 N–H and O–H groups in total. The fourth-order valence-corrected chi connectivity index (χ4v) is 2.14. The second kappa shape index (κ2) is 5.29. The molecule has 0 radical (unpaired) electrons. The van der Waals surface area contributed by atoms with Crippen molar-refractivity contribution in [3.63, 3.8) is 0 Å². The van der Waals surface area contributed by atoms with E-state index in [1.807, 2.05) is 6.07 Å². The lowest BCUT2D eigenvalue weighted by molar-refractivity contribution is -0.122. The van der Waals surface area contributed by atoms with Crippen LogP contribution in [0, 0.1) is 0 Å². The number of carbonyl (C=O) groups is 1. The quantitative estimate of drug-likeness (QED) is 0.705. The van der Waals surface area contributed by atoms with Gasteiger partial charge >= 0.3 is 0 Å². The summed E-state index contributed by atoms with van der Waals surface area (Å²) in [6.07, 6.45) is 1.05. The van der Waals surface area contributed by atoms with E-state index in [-0.39, 0.29) is 11.9 Å². The molecule has 4 heteroatoms. The van der Waals surface area contributed by atoms with Gasteiger partial charge in [0.05, 0.1) is 6.04 Å². The van der Waals surface area contributed by atoms with Crippen LogP contribution in [0.3, 0.4) is 0 Å². The van der Waals surface area contributed by atoms with Gasteiger partial charge in [0.2, 0.25) is 5.91 Å². The molecule has 1 aromatic rings. The van der Waals surface area contributed by atoms with Crippen LogP contribution in [-0.4, -0.2) is 25.0 Å². The molecule has 0 fully saturated rings. The minimum Gasteiger partial charge on any atom is -0.353 e. The molecule has 1 amide bonds. The Bertz CT molecular complexity index is 403. The summed E-state index contributed by atoms with van der Waals surface area (Å²) in [7, 11) is 0. The Balaban J connectivity index is 2.01. The van der Waals surface area contributed by atoms with Crippen LogP contribution in [-0.2, 0) is 11.2 Å². The highest BCUT2D eigenvalue weighted by atomic mass is 16.2. The van der Waals surface area contributed by atoms with E-state index < -0.39 is 6.04 Å². The van der Waals surface area contributed by atoms with Gasteiger partial charge in [0, 0.05) is 12.6 Å². The van der Waals surface area contributed by atoms with Crippen molar-refractivity contribution in [2.75, 3.05) is 13.1 Å². The number of fused-ring (bicyclic) bond motifs is 1. The zero-order valence-corrected chi connectivity index (χ0v) is 10.1. The summed E-state index contributed by atoms with van der Waals surface area (Å²) in [5.41, 5.74) is 8.16. The first kappa shape index (κ1) is 12.1. The van der Waals surface area contributed by atoms with E-state index >= 15 is 0 Å². The molecule has 1 aromatic carbocycles. The Morgan fingerprint density at radius 2 is 2.35 bits per heavy atom. The summed E-state index contributed by atoms with van der Waals surface area (Å²) < 4.78 is 0. The SMILES string of the molecule is C[C@H](N)C(=O)NCC1NCCc2ccccc21. The summed E-state index contributed by atoms with van der Waals surface area (Å²) in [6, 6.07) is 8.10. The second-order valence-corrected chi connectivity index (χ2v) is 4.49. The zero-order chi connectivity index (χ0) is 12.3. The summed E-state index contributed by atoms with van der Waals surface area (Å²) in [5.74, 6) is -0.102. The zero-order valence-electron chi connectivity index (χ0n) is 10.1. The normalized spacial score (nSPS) is 20.5. The van der Waals surface area contributed by atoms with Crippen LogP contribution in [0.4, 0.5) is 0 Å². The Morgan fingerprint density at radius 1 is 1.59 bits per heavy atom. The Labute approximate surface area is 102 Å². The van der Waals surface area contributed by atoms with Crippen molar-refractivity contribution < 1.29 is 4.79 Å². The highest BCUT2D eigenvalue weighted by Crippen LogP contribution is 2.21. The van der Waals surface area contributed by atoms with Gasteiger partial charge in [-0.3, -0.25) is 4.79 Å². The standard InChI is InChI=1S/C13H19N3O/c1-9(14)13(17)16-8-12-11-5-3-2-4-10(11)6-7-15-12/h2-5,9,12,15H,6-8,14H2,1H3,(H,16,17)/t9-,12?/m0/s1. The molecule has 0 saturated carbocycles. The molecule has 0 saturated heterocycles. The number of hydrogen-bond acceptors (Lipinski definition) is 3. The van der Waals surface area contributed by atoms with Gasteiger partial charge < -0.3 is 16.4 Å². The molecule has 4 nitrogen and oxygen atoms in total. The van der Waals surface area contributed by atoms with Gasteiger partial charge in [-0.25, -0.2) is 0 Å². The molecule has 1 aliphatic rings. The van der Waals surface area contributed by atoms with Crippen molar-refractivity contribution in [3.05, 3.63) is 35.4 Å². The van der Waals surface area contributed by atoms with Crippen molar-refractivity contribution in [2.24, 2.45) is 5.73 Å². The lowest BCUT2D eigenvalue weighted by Gasteiger charge is -2.27. The van der Waals surface area contributed by atoms with Crippen LogP contribution < -0.4 is 16.4 Å². The molecule has 1 heterocycles. The van der Waals surface area contributed by atoms with E-state index in [1.54, 1.807) is 6.92 Å². The van der Waals surface area contributed by atoms with Gasteiger partial charge in [-0.05, 0) is 31.0 Å². The first-order valence-electron chi connectivity index (χ1n) is 6.03. The number of benzene rings is 1. The maximum Gasteiger partial charge on any atom is 0.236 e. The number of nitrogens with two attached hydrogens (primary N) is 1. The first-order valence-corrected chi connectivity index (χ1v) is 6.03. The monoisotopic (exact) mass is 233 g/mol. The third-order valence-electron chi connectivity index (χ3n) is 3.11. The molecule has 17 heavy (non-hydrogen) atoms. The average molecular weight is 233 g/mol. The topological polar surface area (TPSA) is 67.2 Å². The fraction of sp³-hybridized carbons (Fsp3) is 0.462. The smallest absolute Gasteiger partial charge is 0.236 e. The maximum absolute atomic E-state index is 11.4. The first-order chi connectivity index (χ1) is 8.18. The maximum atomic E-state index is 11.4. The van der Waals surface area contributed by atoms with Crippen molar-refractivity contribution in [2.45, 2.75) is 25.4 Å². The van der Waals surface area contributed by atoms with Crippen LogP contribution in [0.15, 0.2) is 24.3 Å². The van der Waals surface area contributed by atoms with Gasteiger partial charge in [-0.2, -0.15) is 0 Å². The summed E-state index contributed by atoms with van der Waals surface area (Å²) >= 11 is 0. The van der Waals surface area contributed by atoms with Gasteiger partial charge in [0.1, 0.15) is 0 Å². The van der Waals surface area contributed by atoms with E-state index in [1.165, 1.54) is 11.1 Å². The van der Waals surface area contributed by atoms with Crippen LogP contribution >= 0.6 is 0 Å². The number of nitrogens with one attached hydrogen (secondary N) is 2. The van der Waals surface area contributed by atoms with Gasteiger partial charge in [0.15, 0.2) is 0 Å². The van der Waals surface area contributed by atoms with E-state index in [2.05, 4.69) is 28.8 Å². The predicted molar refractivity (Wildman–Crippen MR) is 67.5 cm³/mol. The summed E-state index contributed by atoms with van der Waals surface area (Å²) in [4.78, 5) is 11.4. The minimum atomic E-state index is -0.450. The minimum absolute atomic E-state index is 0.102. The average Bonchev–Trinajstić information content (AvgIpc) is 2.35. The lowest BCUT2D eigenvalue weighted by atomic mass is 9.94. The molecule has 0 aliphatic carbocycles. The Hall–Kier alpha value is -1.39. The third kappa shape index (κ3) is 2.84. The Kier molecular flexibility index (Phi) is 3.76. The number of amides is 1. The fourth-order valence-electron chi connectivity index (χ4n) is 2.14. The van der Waals surface area contributed by atoms with Gasteiger partial charge in [0.25, 0.3) is 0 Å². The highest BCUT2D eigenvalue weighted by Gasteiger charge is 2.19. The summed E-state index contributed by atoms with van der Waals surface area (Å²) in [5, 5.41) is 6.28. The molecular weight excluding hydrogens is 214 g/mol. The van der Waals surface area contributed by atoms with E-state index in [4.69, 9.17) is 5.73 Å². The van der Waals surface area contributed by atoms with Crippen LogP contribution in [0.1, 0.15) is 24.1 Å². The number of carbonyl (C=O) groups excluding carboxylic acids is 1. The van der Waals surface area contributed by atoms with Crippen molar-refractivity contribution in [3.8, 4) is 0 Å². The number of hydrogen-bond donors (Lipinski definition) is 3. The molecule has 1 unspecified atom stereocenters.